The minimum absolute atomic E-state index is 0.205. The van der Waals surface area contributed by atoms with Gasteiger partial charge in [-0.05, 0) is 33.6 Å². The molecule has 2 aromatic rings. The van der Waals surface area contributed by atoms with Gasteiger partial charge in [0.2, 0.25) is 6.79 Å². The van der Waals surface area contributed by atoms with E-state index in [0.29, 0.717) is 17.9 Å². The second-order valence-corrected chi connectivity index (χ2v) is 5.11. The van der Waals surface area contributed by atoms with Crippen LogP contribution >= 0.6 is 15.9 Å². The molecule has 0 fully saturated rings. The first-order valence-corrected chi connectivity index (χ1v) is 6.54. The van der Waals surface area contributed by atoms with E-state index in [2.05, 4.69) is 26.0 Å². The van der Waals surface area contributed by atoms with Gasteiger partial charge < -0.3 is 14.6 Å². The van der Waals surface area contributed by atoms with Crippen molar-refractivity contribution in [2.45, 2.75) is 12.5 Å². The number of hydrogen-bond acceptors (Lipinski definition) is 5. The van der Waals surface area contributed by atoms with Crippen molar-refractivity contribution in [3.63, 3.8) is 0 Å². The summed E-state index contributed by atoms with van der Waals surface area (Å²) in [6.45, 7) is 0.205. The maximum absolute atomic E-state index is 10.3. The highest BCUT2D eigenvalue weighted by atomic mass is 79.9. The predicted octanol–water partition coefficient (Wildman–Crippen LogP) is 1.58. The fourth-order valence-corrected chi connectivity index (χ4v) is 2.55. The first-order chi connectivity index (χ1) is 9.15. The van der Waals surface area contributed by atoms with E-state index in [1.54, 1.807) is 17.8 Å². The third kappa shape index (κ3) is 2.31. The quantitative estimate of drug-likeness (QED) is 0.927. The Labute approximate surface area is 118 Å². The van der Waals surface area contributed by atoms with Crippen LogP contribution in [0.3, 0.4) is 0 Å². The van der Waals surface area contributed by atoms with Crippen LogP contribution in [0.2, 0.25) is 0 Å². The number of fused-ring (bicyclic) bond motifs is 1. The van der Waals surface area contributed by atoms with Gasteiger partial charge in [-0.2, -0.15) is 5.10 Å². The highest BCUT2D eigenvalue weighted by Gasteiger charge is 2.21. The molecule has 6 nitrogen and oxygen atoms in total. The van der Waals surface area contributed by atoms with E-state index >= 15 is 0 Å². The Morgan fingerprint density at radius 2 is 2.32 bits per heavy atom. The molecular weight excluding hydrogens is 314 g/mol. The van der Waals surface area contributed by atoms with Crippen molar-refractivity contribution in [2.75, 3.05) is 6.79 Å². The van der Waals surface area contributed by atoms with Crippen molar-refractivity contribution in [1.29, 1.82) is 0 Å². The molecule has 0 spiro atoms. The van der Waals surface area contributed by atoms with Crippen LogP contribution in [0.5, 0.6) is 11.5 Å². The molecule has 1 aromatic carbocycles. The summed E-state index contributed by atoms with van der Waals surface area (Å²) in [5, 5.41) is 14.3. The molecule has 0 aliphatic carbocycles. The summed E-state index contributed by atoms with van der Waals surface area (Å²) < 4.78 is 13.1. The van der Waals surface area contributed by atoms with E-state index < -0.39 is 6.10 Å². The Morgan fingerprint density at radius 3 is 3.05 bits per heavy atom. The van der Waals surface area contributed by atoms with Crippen LogP contribution in [0.4, 0.5) is 0 Å². The topological polar surface area (TPSA) is 69.4 Å². The van der Waals surface area contributed by atoms with Gasteiger partial charge in [0.25, 0.3) is 0 Å². The van der Waals surface area contributed by atoms with Crippen molar-refractivity contribution in [3.05, 3.63) is 34.3 Å². The van der Waals surface area contributed by atoms with Gasteiger partial charge >= 0.3 is 0 Å². The lowest BCUT2D eigenvalue weighted by atomic mass is 10.1. The molecule has 7 heteroatoms. The van der Waals surface area contributed by atoms with Crippen molar-refractivity contribution >= 4 is 15.9 Å². The first kappa shape index (κ1) is 12.4. The number of aliphatic hydroxyl groups is 1. The summed E-state index contributed by atoms with van der Waals surface area (Å²) in [6.07, 6.45) is 1.19. The molecule has 0 amide bonds. The van der Waals surface area contributed by atoms with Gasteiger partial charge in [0.1, 0.15) is 12.2 Å². The molecule has 1 aliphatic heterocycles. The van der Waals surface area contributed by atoms with Gasteiger partial charge in [-0.1, -0.05) is 0 Å². The SMILES string of the molecule is Cn1ncnc1CC(O)c1cc(Br)c2c(c1)OCO2. The number of aromatic nitrogens is 3. The highest BCUT2D eigenvalue weighted by molar-refractivity contribution is 9.10. The summed E-state index contributed by atoms with van der Waals surface area (Å²) in [5.41, 5.74) is 0.749. The fourth-order valence-electron chi connectivity index (χ4n) is 1.98. The largest absolute Gasteiger partial charge is 0.454 e. The molecule has 100 valence electrons. The lowest BCUT2D eigenvalue weighted by Gasteiger charge is -2.12. The predicted molar refractivity (Wildman–Crippen MR) is 69.9 cm³/mol. The van der Waals surface area contributed by atoms with Crippen LogP contribution in [-0.4, -0.2) is 26.7 Å². The number of hydrogen-bond donors (Lipinski definition) is 1. The smallest absolute Gasteiger partial charge is 0.231 e. The zero-order valence-corrected chi connectivity index (χ0v) is 11.8. The van der Waals surface area contributed by atoms with E-state index in [4.69, 9.17) is 9.47 Å². The maximum Gasteiger partial charge on any atom is 0.231 e. The maximum atomic E-state index is 10.3. The van der Waals surface area contributed by atoms with Gasteiger partial charge in [0.05, 0.1) is 10.6 Å². The molecule has 1 N–H and O–H groups in total. The van der Waals surface area contributed by atoms with Crippen molar-refractivity contribution in [3.8, 4) is 11.5 Å². The molecule has 0 saturated carbocycles. The van der Waals surface area contributed by atoms with E-state index in [9.17, 15) is 5.11 Å². The van der Waals surface area contributed by atoms with Crippen molar-refractivity contribution in [1.82, 2.24) is 14.8 Å². The Morgan fingerprint density at radius 1 is 1.47 bits per heavy atom. The molecule has 0 radical (unpaired) electrons. The third-order valence-corrected chi connectivity index (χ3v) is 3.60. The second-order valence-electron chi connectivity index (χ2n) is 4.26. The number of aliphatic hydroxyl groups excluding tert-OH is 1. The van der Waals surface area contributed by atoms with Gasteiger partial charge in [0.15, 0.2) is 11.5 Å². The minimum Gasteiger partial charge on any atom is -0.454 e. The molecule has 1 aliphatic rings. The van der Waals surface area contributed by atoms with Crippen LogP contribution in [0.25, 0.3) is 0 Å². The summed E-state index contributed by atoms with van der Waals surface area (Å²) in [7, 11) is 1.80. The second kappa shape index (κ2) is 4.82. The Balaban J connectivity index is 1.86. The van der Waals surface area contributed by atoms with Gasteiger partial charge in [-0.3, -0.25) is 4.68 Å². The zero-order valence-electron chi connectivity index (χ0n) is 10.2. The monoisotopic (exact) mass is 325 g/mol. The number of benzene rings is 1. The molecule has 1 atom stereocenters. The van der Waals surface area contributed by atoms with E-state index in [1.807, 2.05) is 6.07 Å². The average Bonchev–Trinajstić information content (AvgIpc) is 2.99. The average molecular weight is 326 g/mol. The van der Waals surface area contributed by atoms with Crippen LogP contribution in [-0.2, 0) is 13.5 Å². The molecule has 19 heavy (non-hydrogen) atoms. The van der Waals surface area contributed by atoms with Crippen molar-refractivity contribution < 1.29 is 14.6 Å². The normalized spacial score (nSPS) is 14.7. The number of halogens is 1. The van der Waals surface area contributed by atoms with Crippen LogP contribution in [0, 0.1) is 0 Å². The lowest BCUT2D eigenvalue weighted by molar-refractivity contribution is 0.170. The number of rotatable bonds is 3. The summed E-state index contributed by atoms with van der Waals surface area (Å²) >= 11 is 3.41. The highest BCUT2D eigenvalue weighted by Crippen LogP contribution is 2.41. The molecular formula is C12H12BrN3O3. The Hall–Kier alpha value is -1.60. The van der Waals surface area contributed by atoms with Crippen LogP contribution < -0.4 is 9.47 Å². The number of ether oxygens (including phenoxy) is 2. The van der Waals surface area contributed by atoms with E-state index in [1.165, 1.54) is 6.33 Å². The number of aryl methyl sites for hydroxylation is 1. The molecule has 2 heterocycles. The molecule has 0 bridgehead atoms. The van der Waals surface area contributed by atoms with E-state index in [-0.39, 0.29) is 6.79 Å². The molecule has 0 saturated heterocycles. The molecule has 3 rings (SSSR count). The van der Waals surface area contributed by atoms with Crippen LogP contribution in [0.15, 0.2) is 22.9 Å². The van der Waals surface area contributed by atoms with Gasteiger partial charge in [-0.25, -0.2) is 4.98 Å². The van der Waals surface area contributed by atoms with Gasteiger partial charge in [0, 0.05) is 13.5 Å². The summed E-state index contributed by atoms with van der Waals surface area (Å²) in [4.78, 5) is 4.10. The minimum atomic E-state index is -0.673. The molecule has 1 aromatic heterocycles. The summed E-state index contributed by atoms with van der Waals surface area (Å²) in [5.74, 6) is 2.04. The third-order valence-electron chi connectivity index (χ3n) is 3.02. The Kier molecular flexibility index (Phi) is 3.16. The summed E-state index contributed by atoms with van der Waals surface area (Å²) in [6, 6.07) is 3.61. The fraction of sp³-hybridized carbons (Fsp3) is 0.333. The zero-order chi connectivity index (χ0) is 13.4. The van der Waals surface area contributed by atoms with Crippen molar-refractivity contribution in [2.24, 2.45) is 7.05 Å². The van der Waals surface area contributed by atoms with Crippen LogP contribution in [0.1, 0.15) is 17.5 Å². The first-order valence-electron chi connectivity index (χ1n) is 5.75. The molecule has 1 unspecified atom stereocenters. The number of nitrogens with zero attached hydrogens (tertiary/aromatic N) is 3. The standard InChI is InChI=1S/C12H12BrN3O3/c1-16-11(14-5-15-16)4-9(17)7-2-8(13)12-10(3-7)18-6-19-12/h2-3,5,9,17H,4,6H2,1H3. The van der Waals surface area contributed by atoms with Gasteiger partial charge in [-0.15, -0.1) is 0 Å². The Bertz CT molecular complexity index is 614. The lowest BCUT2D eigenvalue weighted by Crippen LogP contribution is -2.07. The van der Waals surface area contributed by atoms with E-state index in [0.717, 1.165) is 15.9 Å².